The molecule has 1 saturated heterocycles. The van der Waals surface area contributed by atoms with E-state index in [9.17, 15) is 14.4 Å². The van der Waals surface area contributed by atoms with Gasteiger partial charge in [0, 0.05) is 33.1 Å². The molecule has 3 rings (SSSR count). The molecule has 3 amide bonds. The Morgan fingerprint density at radius 2 is 1.92 bits per heavy atom. The minimum atomic E-state index is -0.192. The predicted molar refractivity (Wildman–Crippen MR) is 87.7 cm³/mol. The van der Waals surface area contributed by atoms with Crippen LogP contribution in [0.15, 0.2) is 18.2 Å². The standard InChI is InChI=1S/C17H21N3O4/c1-12(21)19-5-2-6-20(8-7-19)17(23)10-13-3-4-15-14(9-13)18-16(22)11-24-15/h3-4,9H,2,5-8,10-11H2,1H3,(H,18,22). The zero-order valence-corrected chi connectivity index (χ0v) is 13.7. The number of fused-ring (bicyclic) bond motifs is 1. The van der Waals surface area contributed by atoms with E-state index in [4.69, 9.17) is 4.74 Å². The molecule has 2 aliphatic rings. The van der Waals surface area contributed by atoms with Crippen molar-refractivity contribution < 1.29 is 19.1 Å². The van der Waals surface area contributed by atoms with Crippen LogP contribution in [-0.2, 0) is 20.8 Å². The maximum absolute atomic E-state index is 12.5. The molecule has 7 heteroatoms. The average molecular weight is 331 g/mol. The Morgan fingerprint density at radius 3 is 2.71 bits per heavy atom. The number of amides is 3. The van der Waals surface area contributed by atoms with Crippen molar-refractivity contribution in [2.24, 2.45) is 0 Å². The van der Waals surface area contributed by atoms with E-state index in [1.807, 2.05) is 6.07 Å². The quantitative estimate of drug-likeness (QED) is 0.863. The van der Waals surface area contributed by atoms with Gasteiger partial charge in [-0.15, -0.1) is 0 Å². The second-order valence-corrected chi connectivity index (χ2v) is 6.08. The van der Waals surface area contributed by atoms with Gasteiger partial charge < -0.3 is 19.9 Å². The van der Waals surface area contributed by atoms with E-state index >= 15 is 0 Å². The largest absolute Gasteiger partial charge is 0.482 e. The summed E-state index contributed by atoms with van der Waals surface area (Å²) >= 11 is 0. The number of nitrogens with one attached hydrogen (secondary N) is 1. The van der Waals surface area contributed by atoms with Crippen LogP contribution in [0.25, 0.3) is 0 Å². The summed E-state index contributed by atoms with van der Waals surface area (Å²) in [7, 11) is 0. The van der Waals surface area contributed by atoms with Crippen molar-refractivity contribution in [1.82, 2.24) is 9.80 Å². The lowest BCUT2D eigenvalue weighted by molar-refractivity contribution is -0.132. The van der Waals surface area contributed by atoms with Crippen LogP contribution in [0, 0.1) is 0 Å². The fourth-order valence-electron chi connectivity index (χ4n) is 3.01. The molecule has 0 aliphatic carbocycles. The topological polar surface area (TPSA) is 79.0 Å². The fraction of sp³-hybridized carbons (Fsp3) is 0.471. The molecule has 0 saturated carbocycles. The number of hydrogen-bond donors (Lipinski definition) is 1. The lowest BCUT2D eigenvalue weighted by Gasteiger charge is -2.22. The van der Waals surface area contributed by atoms with Gasteiger partial charge in [-0.3, -0.25) is 14.4 Å². The Hall–Kier alpha value is -2.57. The van der Waals surface area contributed by atoms with Gasteiger partial charge >= 0.3 is 0 Å². The molecule has 7 nitrogen and oxygen atoms in total. The van der Waals surface area contributed by atoms with Crippen molar-refractivity contribution in [3.05, 3.63) is 23.8 Å². The molecule has 0 aromatic heterocycles. The van der Waals surface area contributed by atoms with E-state index in [-0.39, 0.29) is 30.7 Å². The highest BCUT2D eigenvalue weighted by atomic mass is 16.5. The normalized spacial score (nSPS) is 17.5. The zero-order chi connectivity index (χ0) is 17.1. The molecular formula is C17H21N3O4. The van der Waals surface area contributed by atoms with Gasteiger partial charge in [-0.2, -0.15) is 0 Å². The van der Waals surface area contributed by atoms with Gasteiger partial charge in [-0.05, 0) is 24.1 Å². The van der Waals surface area contributed by atoms with Gasteiger partial charge in [0.2, 0.25) is 11.8 Å². The van der Waals surface area contributed by atoms with Gasteiger partial charge in [0.15, 0.2) is 6.61 Å². The molecule has 0 atom stereocenters. The SMILES string of the molecule is CC(=O)N1CCCN(C(=O)Cc2ccc3c(c2)NC(=O)CO3)CC1. The maximum atomic E-state index is 12.5. The molecule has 1 N–H and O–H groups in total. The first-order valence-electron chi connectivity index (χ1n) is 8.12. The number of carbonyl (C=O) groups is 3. The minimum Gasteiger partial charge on any atom is -0.482 e. The van der Waals surface area contributed by atoms with E-state index < -0.39 is 0 Å². The number of rotatable bonds is 2. The molecule has 0 radical (unpaired) electrons. The first-order chi connectivity index (χ1) is 11.5. The molecule has 0 bridgehead atoms. The van der Waals surface area contributed by atoms with Crippen LogP contribution in [0.2, 0.25) is 0 Å². The molecule has 1 aromatic rings. The van der Waals surface area contributed by atoms with E-state index in [0.717, 1.165) is 12.0 Å². The summed E-state index contributed by atoms with van der Waals surface area (Å²) in [4.78, 5) is 39.0. The van der Waals surface area contributed by atoms with Crippen LogP contribution in [0.1, 0.15) is 18.9 Å². The Bertz CT molecular complexity index is 674. The van der Waals surface area contributed by atoms with Crippen LogP contribution < -0.4 is 10.1 Å². The zero-order valence-electron chi connectivity index (χ0n) is 13.7. The second-order valence-electron chi connectivity index (χ2n) is 6.08. The number of nitrogens with zero attached hydrogens (tertiary/aromatic N) is 2. The molecule has 24 heavy (non-hydrogen) atoms. The van der Waals surface area contributed by atoms with Gasteiger partial charge in [0.05, 0.1) is 12.1 Å². The molecular weight excluding hydrogens is 310 g/mol. The number of carbonyl (C=O) groups excluding carboxylic acids is 3. The van der Waals surface area contributed by atoms with Crippen LogP contribution >= 0.6 is 0 Å². The van der Waals surface area contributed by atoms with Crippen molar-refractivity contribution in [2.75, 3.05) is 38.1 Å². The molecule has 0 unspecified atom stereocenters. The van der Waals surface area contributed by atoms with Crippen LogP contribution in [-0.4, -0.2) is 60.3 Å². The lowest BCUT2D eigenvalue weighted by atomic mass is 10.1. The highest BCUT2D eigenvalue weighted by Gasteiger charge is 2.21. The molecule has 1 fully saturated rings. The number of anilines is 1. The Labute approximate surface area is 140 Å². The van der Waals surface area contributed by atoms with Gasteiger partial charge in [0.1, 0.15) is 5.75 Å². The summed E-state index contributed by atoms with van der Waals surface area (Å²) in [6, 6.07) is 5.40. The Kier molecular flexibility index (Phi) is 4.69. The van der Waals surface area contributed by atoms with Crippen molar-refractivity contribution in [2.45, 2.75) is 19.8 Å². The molecule has 0 spiro atoms. The summed E-state index contributed by atoms with van der Waals surface area (Å²) in [5.74, 6) is 0.513. The summed E-state index contributed by atoms with van der Waals surface area (Å²) in [5.41, 5.74) is 1.44. The van der Waals surface area contributed by atoms with E-state index in [2.05, 4.69) is 5.32 Å². The Balaban J connectivity index is 1.63. The van der Waals surface area contributed by atoms with E-state index in [1.165, 1.54) is 0 Å². The summed E-state index contributed by atoms with van der Waals surface area (Å²) in [5, 5.41) is 2.75. The molecule has 128 valence electrons. The third-order valence-electron chi connectivity index (χ3n) is 4.33. The van der Waals surface area contributed by atoms with Crippen molar-refractivity contribution in [3.8, 4) is 5.75 Å². The van der Waals surface area contributed by atoms with Crippen LogP contribution in [0.3, 0.4) is 0 Å². The van der Waals surface area contributed by atoms with E-state index in [1.54, 1.807) is 28.9 Å². The number of benzene rings is 1. The summed E-state index contributed by atoms with van der Waals surface area (Å²) in [6.45, 7) is 4.07. The van der Waals surface area contributed by atoms with Crippen molar-refractivity contribution >= 4 is 23.4 Å². The molecule has 1 aromatic carbocycles. The van der Waals surface area contributed by atoms with Crippen molar-refractivity contribution in [1.29, 1.82) is 0 Å². The highest BCUT2D eigenvalue weighted by Crippen LogP contribution is 2.28. The monoisotopic (exact) mass is 331 g/mol. The van der Waals surface area contributed by atoms with Crippen molar-refractivity contribution in [3.63, 3.8) is 0 Å². The summed E-state index contributed by atoms with van der Waals surface area (Å²) < 4.78 is 5.32. The number of hydrogen-bond acceptors (Lipinski definition) is 4. The van der Waals surface area contributed by atoms with Crippen LogP contribution in [0.5, 0.6) is 5.75 Å². The predicted octanol–water partition coefficient (Wildman–Crippen LogP) is 0.641. The summed E-state index contributed by atoms with van der Waals surface area (Å²) in [6.07, 6.45) is 1.06. The average Bonchev–Trinajstić information content (AvgIpc) is 2.80. The molecule has 2 aliphatic heterocycles. The third-order valence-corrected chi connectivity index (χ3v) is 4.33. The fourth-order valence-corrected chi connectivity index (χ4v) is 3.01. The maximum Gasteiger partial charge on any atom is 0.262 e. The second kappa shape index (κ2) is 6.90. The third kappa shape index (κ3) is 3.67. The highest BCUT2D eigenvalue weighted by molar-refractivity contribution is 5.95. The van der Waals surface area contributed by atoms with Gasteiger partial charge in [-0.1, -0.05) is 6.07 Å². The first kappa shape index (κ1) is 16.3. The smallest absolute Gasteiger partial charge is 0.262 e. The van der Waals surface area contributed by atoms with Gasteiger partial charge in [0.25, 0.3) is 5.91 Å². The number of ether oxygens (including phenoxy) is 1. The first-order valence-corrected chi connectivity index (χ1v) is 8.12. The minimum absolute atomic E-state index is 0.0195. The van der Waals surface area contributed by atoms with Gasteiger partial charge in [-0.25, -0.2) is 0 Å². The Morgan fingerprint density at radius 1 is 1.17 bits per heavy atom. The lowest BCUT2D eigenvalue weighted by Crippen LogP contribution is -2.37. The molecule has 2 heterocycles. The van der Waals surface area contributed by atoms with E-state index in [0.29, 0.717) is 37.6 Å². The van der Waals surface area contributed by atoms with Crippen LogP contribution in [0.4, 0.5) is 5.69 Å².